The van der Waals surface area contributed by atoms with Crippen LogP contribution in [0.25, 0.3) is 10.8 Å². The van der Waals surface area contributed by atoms with E-state index in [1.807, 2.05) is 92.7 Å². The lowest BCUT2D eigenvalue weighted by atomic mass is 10.0. The number of amides is 1. The van der Waals surface area contributed by atoms with Crippen molar-refractivity contribution in [3.8, 4) is 5.75 Å². The summed E-state index contributed by atoms with van der Waals surface area (Å²) >= 11 is 0. The molecule has 0 fully saturated rings. The zero-order valence-electron chi connectivity index (χ0n) is 18.3. The summed E-state index contributed by atoms with van der Waals surface area (Å²) < 4.78 is 6.11. The average molecular weight is 423 g/mol. The van der Waals surface area contributed by atoms with E-state index < -0.39 is 0 Å². The second-order valence-electron chi connectivity index (χ2n) is 7.87. The number of benzene rings is 4. The van der Waals surface area contributed by atoms with Crippen LogP contribution in [0.1, 0.15) is 27.8 Å². The maximum absolute atomic E-state index is 12.4. The maximum atomic E-state index is 12.4. The van der Waals surface area contributed by atoms with Gasteiger partial charge >= 0.3 is 0 Å². The summed E-state index contributed by atoms with van der Waals surface area (Å²) in [4.78, 5) is 12.4. The molecule has 4 heteroatoms. The molecule has 0 aliphatic carbocycles. The first-order chi connectivity index (χ1) is 15.6. The van der Waals surface area contributed by atoms with Crippen LogP contribution in [-0.2, 0) is 17.8 Å². The predicted molar refractivity (Wildman–Crippen MR) is 130 cm³/mol. The van der Waals surface area contributed by atoms with Crippen LogP contribution >= 0.6 is 0 Å². The normalized spacial score (nSPS) is 11.1. The van der Waals surface area contributed by atoms with Crippen molar-refractivity contribution in [1.29, 1.82) is 0 Å². The van der Waals surface area contributed by atoms with Crippen molar-refractivity contribution in [3.05, 3.63) is 113 Å². The molecule has 160 valence electrons. The number of fused-ring (bicyclic) bond motifs is 1. The Labute approximate surface area is 188 Å². The number of nitrogens with one attached hydrogen (secondary N) is 1. The van der Waals surface area contributed by atoms with Crippen LogP contribution in [0.2, 0.25) is 0 Å². The molecule has 1 amide bonds. The van der Waals surface area contributed by atoms with Crippen molar-refractivity contribution in [2.24, 2.45) is 5.10 Å². The minimum atomic E-state index is -0.153. The Morgan fingerprint density at radius 2 is 1.72 bits per heavy atom. The van der Waals surface area contributed by atoms with E-state index in [0.717, 1.165) is 38.8 Å². The fourth-order valence-corrected chi connectivity index (χ4v) is 3.70. The van der Waals surface area contributed by atoms with Crippen LogP contribution in [0, 0.1) is 13.8 Å². The lowest BCUT2D eigenvalue weighted by Gasteiger charge is -2.12. The third kappa shape index (κ3) is 5.22. The zero-order valence-corrected chi connectivity index (χ0v) is 18.3. The Hall–Kier alpha value is -3.92. The molecule has 1 N–H and O–H groups in total. The number of rotatable bonds is 7. The van der Waals surface area contributed by atoms with E-state index >= 15 is 0 Å². The van der Waals surface area contributed by atoms with E-state index in [1.54, 1.807) is 6.21 Å². The van der Waals surface area contributed by atoms with Crippen LogP contribution < -0.4 is 10.2 Å². The van der Waals surface area contributed by atoms with Crippen LogP contribution in [-0.4, -0.2) is 12.1 Å². The van der Waals surface area contributed by atoms with Crippen LogP contribution in [0.3, 0.4) is 0 Å². The number of nitrogens with zero attached hydrogens (tertiary/aromatic N) is 1. The molecule has 0 saturated carbocycles. The lowest BCUT2D eigenvalue weighted by Crippen LogP contribution is -2.20. The number of hydrazone groups is 1. The summed E-state index contributed by atoms with van der Waals surface area (Å²) in [6.45, 7) is 4.52. The predicted octanol–water partition coefficient (Wildman–Crippen LogP) is 5.73. The van der Waals surface area contributed by atoms with Crippen LogP contribution in [0.15, 0.2) is 90.0 Å². The molecule has 4 aromatic rings. The van der Waals surface area contributed by atoms with E-state index in [2.05, 4.69) is 16.6 Å². The smallest absolute Gasteiger partial charge is 0.244 e. The SMILES string of the molecule is Cc1ccc(CC(=O)N/N=C\c2c(OCc3ccccc3)ccc3ccccc23)c(C)c1. The van der Waals surface area contributed by atoms with Crippen molar-refractivity contribution in [2.45, 2.75) is 26.9 Å². The topological polar surface area (TPSA) is 50.7 Å². The molecule has 4 aromatic carbocycles. The molecule has 0 aliphatic rings. The minimum absolute atomic E-state index is 0.153. The highest BCUT2D eigenvalue weighted by Gasteiger charge is 2.09. The fourth-order valence-electron chi connectivity index (χ4n) is 3.70. The summed E-state index contributed by atoms with van der Waals surface area (Å²) in [6, 6.07) is 28.2. The Balaban J connectivity index is 1.52. The second kappa shape index (κ2) is 9.92. The molecule has 0 atom stereocenters. The number of aryl methyl sites for hydroxylation is 2. The molecule has 0 aromatic heterocycles. The zero-order chi connectivity index (χ0) is 22.3. The van der Waals surface area contributed by atoms with Gasteiger partial charge in [0, 0.05) is 5.56 Å². The molecule has 4 rings (SSSR count). The van der Waals surface area contributed by atoms with E-state index in [9.17, 15) is 4.79 Å². The molecule has 0 aliphatic heterocycles. The van der Waals surface area contributed by atoms with Crippen LogP contribution in [0.5, 0.6) is 5.75 Å². The Kier molecular flexibility index (Phi) is 6.61. The van der Waals surface area contributed by atoms with Gasteiger partial charge in [0.25, 0.3) is 0 Å². The molecule has 0 radical (unpaired) electrons. The molecule has 0 spiro atoms. The van der Waals surface area contributed by atoms with Gasteiger partial charge in [-0.3, -0.25) is 4.79 Å². The van der Waals surface area contributed by atoms with Gasteiger partial charge in [-0.25, -0.2) is 5.43 Å². The lowest BCUT2D eigenvalue weighted by molar-refractivity contribution is -0.120. The van der Waals surface area contributed by atoms with Crippen molar-refractivity contribution in [3.63, 3.8) is 0 Å². The third-order valence-electron chi connectivity index (χ3n) is 5.40. The highest BCUT2D eigenvalue weighted by molar-refractivity contribution is 6.02. The standard InChI is InChI=1S/C28H26N2O2/c1-20-12-13-24(21(2)16-20)17-28(31)30-29-18-26-25-11-7-6-10-23(25)14-15-27(26)32-19-22-8-4-3-5-9-22/h3-16,18H,17,19H2,1-2H3,(H,30,31)/b29-18-. The first-order valence-electron chi connectivity index (χ1n) is 10.7. The van der Waals surface area contributed by atoms with Crippen LogP contribution in [0.4, 0.5) is 0 Å². The second-order valence-corrected chi connectivity index (χ2v) is 7.87. The summed E-state index contributed by atoms with van der Waals surface area (Å²) in [7, 11) is 0. The molecule has 0 heterocycles. The Bertz CT molecular complexity index is 1260. The third-order valence-corrected chi connectivity index (χ3v) is 5.40. The number of carbonyl (C=O) groups is 1. The summed E-state index contributed by atoms with van der Waals surface area (Å²) in [5, 5.41) is 6.35. The number of ether oxygens (including phenoxy) is 1. The van der Waals surface area contributed by atoms with Gasteiger partial charge in [0.05, 0.1) is 12.6 Å². The van der Waals surface area contributed by atoms with Crippen molar-refractivity contribution in [1.82, 2.24) is 5.43 Å². The highest BCUT2D eigenvalue weighted by atomic mass is 16.5. The Morgan fingerprint density at radius 1 is 0.938 bits per heavy atom. The first-order valence-corrected chi connectivity index (χ1v) is 10.7. The summed E-state index contributed by atoms with van der Waals surface area (Å²) in [6.07, 6.45) is 1.96. The minimum Gasteiger partial charge on any atom is -0.488 e. The average Bonchev–Trinajstić information content (AvgIpc) is 2.81. The van der Waals surface area contributed by atoms with Gasteiger partial charge in [0.2, 0.25) is 5.91 Å². The molecular formula is C28H26N2O2. The summed E-state index contributed by atoms with van der Waals surface area (Å²) in [5.41, 5.74) is 7.88. The first kappa shape index (κ1) is 21.3. The highest BCUT2D eigenvalue weighted by Crippen LogP contribution is 2.27. The number of hydrogen-bond acceptors (Lipinski definition) is 3. The molecular weight excluding hydrogens is 396 g/mol. The molecule has 0 unspecified atom stereocenters. The van der Waals surface area contributed by atoms with Crippen molar-refractivity contribution < 1.29 is 9.53 Å². The van der Waals surface area contributed by atoms with E-state index in [1.165, 1.54) is 5.56 Å². The monoisotopic (exact) mass is 422 g/mol. The molecule has 0 bridgehead atoms. The maximum Gasteiger partial charge on any atom is 0.244 e. The molecule has 4 nitrogen and oxygen atoms in total. The van der Waals surface area contributed by atoms with Gasteiger partial charge in [-0.2, -0.15) is 5.10 Å². The Morgan fingerprint density at radius 3 is 2.53 bits per heavy atom. The number of carbonyl (C=O) groups excluding carboxylic acids is 1. The van der Waals surface area contributed by atoms with Crippen molar-refractivity contribution in [2.75, 3.05) is 0 Å². The summed E-state index contributed by atoms with van der Waals surface area (Å²) in [5.74, 6) is 0.570. The van der Waals surface area contributed by atoms with E-state index in [0.29, 0.717) is 6.61 Å². The largest absolute Gasteiger partial charge is 0.488 e. The van der Waals surface area contributed by atoms with Gasteiger partial charge in [-0.1, -0.05) is 84.4 Å². The quantitative estimate of drug-likeness (QED) is 0.305. The van der Waals surface area contributed by atoms with Gasteiger partial charge in [0.15, 0.2) is 0 Å². The number of hydrogen-bond donors (Lipinski definition) is 1. The van der Waals surface area contributed by atoms with Gasteiger partial charge in [-0.15, -0.1) is 0 Å². The van der Waals surface area contributed by atoms with Gasteiger partial charge in [0.1, 0.15) is 12.4 Å². The van der Waals surface area contributed by atoms with E-state index in [4.69, 9.17) is 4.74 Å². The van der Waals surface area contributed by atoms with E-state index in [-0.39, 0.29) is 12.3 Å². The fraction of sp³-hybridized carbons (Fsp3) is 0.143. The van der Waals surface area contributed by atoms with Crippen molar-refractivity contribution >= 4 is 22.9 Å². The molecule has 32 heavy (non-hydrogen) atoms. The van der Waals surface area contributed by atoms with Gasteiger partial charge in [-0.05, 0) is 47.4 Å². The molecule has 0 saturated heterocycles. The van der Waals surface area contributed by atoms with Gasteiger partial charge < -0.3 is 4.74 Å².